The number of alkyl carbamates (subject to hydrolysis) is 1. The van der Waals surface area contributed by atoms with Gasteiger partial charge in [0.2, 0.25) is 0 Å². The van der Waals surface area contributed by atoms with Crippen LogP contribution in [0.25, 0.3) is 0 Å². The molecule has 0 aliphatic heterocycles. The van der Waals surface area contributed by atoms with Gasteiger partial charge in [-0.1, -0.05) is 39.3 Å². The number of hydrogen-bond acceptors (Lipinski definition) is 4. The third-order valence-electron chi connectivity index (χ3n) is 4.93. The number of nitrogens with zero attached hydrogens (tertiary/aromatic N) is 1. The maximum Gasteiger partial charge on any atom is 0.414 e. The number of amides is 2. The van der Waals surface area contributed by atoms with E-state index in [4.69, 9.17) is 10.00 Å². The van der Waals surface area contributed by atoms with Crippen molar-refractivity contribution < 1.29 is 14.3 Å². The van der Waals surface area contributed by atoms with Crippen molar-refractivity contribution in [2.24, 2.45) is 17.8 Å². The number of nitrogens with one attached hydrogen (secondary N) is 1. The molecule has 5 nitrogen and oxygen atoms in total. The molecule has 1 N–H and O–H groups in total. The van der Waals surface area contributed by atoms with Crippen molar-refractivity contribution in [2.45, 2.75) is 52.6 Å². The standard InChI is InChI=1S/C20H26N2O3/c1-13(2)17-9-4-14(3)12-18(17)25-20(24)22-19(23)16-7-5-15(6-8-16)10-11-21/h5-8,13-14,17-18H,4,9-10,12H2,1-3H3,(H,22,23,24). The van der Waals surface area contributed by atoms with Gasteiger partial charge in [0.25, 0.3) is 5.91 Å². The molecule has 2 amide bonds. The van der Waals surface area contributed by atoms with E-state index in [9.17, 15) is 9.59 Å². The maximum atomic E-state index is 12.2. The lowest BCUT2D eigenvalue weighted by molar-refractivity contribution is 0.00664. The molecule has 3 unspecified atom stereocenters. The number of imide groups is 1. The average molecular weight is 342 g/mol. The molecule has 3 atom stereocenters. The Morgan fingerprint density at radius 3 is 2.56 bits per heavy atom. The van der Waals surface area contributed by atoms with E-state index in [1.54, 1.807) is 24.3 Å². The average Bonchev–Trinajstić information content (AvgIpc) is 2.55. The van der Waals surface area contributed by atoms with E-state index in [1.165, 1.54) is 0 Å². The van der Waals surface area contributed by atoms with Crippen molar-refractivity contribution >= 4 is 12.0 Å². The van der Waals surface area contributed by atoms with Gasteiger partial charge in [0.05, 0.1) is 12.5 Å². The zero-order chi connectivity index (χ0) is 18.4. The summed E-state index contributed by atoms with van der Waals surface area (Å²) in [5.74, 6) is 0.811. The molecule has 0 aromatic heterocycles. The molecule has 1 aliphatic rings. The first-order chi connectivity index (χ1) is 11.9. The monoisotopic (exact) mass is 342 g/mol. The Morgan fingerprint density at radius 2 is 1.96 bits per heavy atom. The van der Waals surface area contributed by atoms with Crippen LogP contribution in [0.5, 0.6) is 0 Å². The Kier molecular flexibility index (Phi) is 6.58. The highest BCUT2D eigenvalue weighted by molar-refractivity contribution is 6.02. The maximum absolute atomic E-state index is 12.2. The third kappa shape index (κ3) is 5.32. The second-order valence-corrected chi connectivity index (χ2v) is 7.26. The molecular formula is C20H26N2O3. The summed E-state index contributed by atoms with van der Waals surface area (Å²) in [6.45, 7) is 6.45. The number of carbonyl (C=O) groups excluding carboxylic acids is 2. The lowest BCUT2D eigenvalue weighted by atomic mass is 9.75. The molecule has 2 rings (SSSR count). The number of hydrogen-bond donors (Lipinski definition) is 1. The van der Waals surface area contributed by atoms with Crippen molar-refractivity contribution in [1.82, 2.24) is 5.32 Å². The van der Waals surface area contributed by atoms with E-state index in [1.807, 2.05) is 0 Å². The van der Waals surface area contributed by atoms with Gasteiger partial charge in [-0.15, -0.1) is 0 Å². The highest BCUT2D eigenvalue weighted by atomic mass is 16.6. The Bertz CT molecular complexity index is 646. The van der Waals surface area contributed by atoms with Crippen LogP contribution in [0.2, 0.25) is 0 Å². The van der Waals surface area contributed by atoms with Crippen molar-refractivity contribution in [3.8, 4) is 6.07 Å². The van der Waals surface area contributed by atoms with E-state index in [-0.39, 0.29) is 6.10 Å². The zero-order valence-electron chi connectivity index (χ0n) is 15.1. The van der Waals surface area contributed by atoms with Crippen LogP contribution in [0.4, 0.5) is 4.79 Å². The predicted molar refractivity (Wildman–Crippen MR) is 94.8 cm³/mol. The highest BCUT2D eigenvalue weighted by Gasteiger charge is 2.33. The van der Waals surface area contributed by atoms with Crippen LogP contribution in [0.1, 0.15) is 56.0 Å². The first kappa shape index (κ1) is 19.0. The normalized spacial score (nSPS) is 22.9. The predicted octanol–water partition coefficient (Wildman–Crippen LogP) is 4.08. The van der Waals surface area contributed by atoms with E-state index >= 15 is 0 Å². The SMILES string of the molecule is CC1CCC(C(C)C)C(OC(=O)NC(=O)c2ccc(CC#N)cc2)C1. The van der Waals surface area contributed by atoms with Crippen molar-refractivity contribution in [1.29, 1.82) is 5.26 Å². The van der Waals surface area contributed by atoms with E-state index in [0.717, 1.165) is 24.8 Å². The molecule has 1 aliphatic carbocycles. The molecule has 0 radical (unpaired) electrons. The molecule has 5 heteroatoms. The Hall–Kier alpha value is -2.35. The summed E-state index contributed by atoms with van der Waals surface area (Å²) < 4.78 is 5.58. The number of benzene rings is 1. The first-order valence-electron chi connectivity index (χ1n) is 8.88. The van der Waals surface area contributed by atoms with Crippen LogP contribution in [-0.4, -0.2) is 18.1 Å². The minimum absolute atomic E-state index is 0.144. The summed E-state index contributed by atoms with van der Waals surface area (Å²) in [7, 11) is 0. The number of carbonyl (C=O) groups is 2. The van der Waals surface area contributed by atoms with Gasteiger partial charge in [0, 0.05) is 5.56 Å². The molecule has 1 aromatic rings. The quantitative estimate of drug-likeness (QED) is 0.894. The Balaban J connectivity index is 1.94. The lowest BCUT2D eigenvalue weighted by Gasteiger charge is -2.36. The lowest BCUT2D eigenvalue weighted by Crippen LogP contribution is -2.40. The van der Waals surface area contributed by atoms with Gasteiger partial charge in [0.1, 0.15) is 6.10 Å². The van der Waals surface area contributed by atoms with Gasteiger partial charge in [0.15, 0.2) is 0 Å². The Labute approximate surface area is 149 Å². The molecule has 0 saturated heterocycles. The second kappa shape index (κ2) is 8.66. The van der Waals surface area contributed by atoms with Crippen LogP contribution in [0.15, 0.2) is 24.3 Å². The van der Waals surface area contributed by atoms with Crippen molar-refractivity contribution in [2.75, 3.05) is 0 Å². The minimum atomic E-state index is -0.684. The number of nitriles is 1. The molecule has 1 aromatic carbocycles. The summed E-state index contributed by atoms with van der Waals surface area (Å²) in [5.41, 5.74) is 1.20. The molecule has 1 fully saturated rings. The fourth-order valence-corrected chi connectivity index (χ4v) is 3.45. The van der Waals surface area contributed by atoms with Gasteiger partial charge in [-0.3, -0.25) is 10.1 Å². The molecule has 25 heavy (non-hydrogen) atoms. The molecule has 134 valence electrons. The fourth-order valence-electron chi connectivity index (χ4n) is 3.45. The molecule has 1 saturated carbocycles. The third-order valence-corrected chi connectivity index (χ3v) is 4.93. The summed E-state index contributed by atoms with van der Waals surface area (Å²) in [4.78, 5) is 24.3. The van der Waals surface area contributed by atoms with E-state index < -0.39 is 12.0 Å². The van der Waals surface area contributed by atoms with E-state index in [2.05, 4.69) is 32.2 Å². The van der Waals surface area contributed by atoms with Crippen LogP contribution in [0.3, 0.4) is 0 Å². The minimum Gasteiger partial charge on any atom is -0.446 e. The summed E-state index contributed by atoms with van der Waals surface area (Å²) in [6.07, 6.45) is 2.50. The summed E-state index contributed by atoms with van der Waals surface area (Å²) >= 11 is 0. The largest absolute Gasteiger partial charge is 0.446 e. The fraction of sp³-hybridized carbons (Fsp3) is 0.550. The van der Waals surface area contributed by atoms with Crippen LogP contribution >= 0.6 is 0 Å². The summed E-state index contributed by atoms with van der Waals surface area (Å²) in [5, 5.41) is 11.0. The smallest absolute Gasteiger partial charge is 0.414 e. The zero-order valence-corrected chi connectivity index (χ0v) is 15.1. The van der Waals surface area contributed by atoms with Gasteiger partial charge >= 0.3 is 6.09 Å². The van der Waals surface area contributed by atoms with Gasteiger partial charge in [-0.05, 0) is 48.3 Å². The first-order valence-corrected chi connectivity index (χ1v) is 8.88. The summed E-state index contributed by atoms with van der Waals surface area (Å²) in [6, 6.07) is 8.68. The molecule has 0 bridgehead atoms. The van der Waals surface area contributed by atoms with Crippen LogP contribution in [-0.2, 0) is 11.2 Å². The van der Waals surface area contributed by atoms with E-state index in [0.29, 0.717) is 29.7 Å². The number of ether oxygens (including phenoxy) is 1. The van der Waals surface area contributed by atoms with Gasteiger partial charge in [-0.2, -0.15) is 5.26 Å². The van der Waals surface area contributed by atoms with Crippen LogP contribution in [0, 0.1) is 29.1 Å². The van der Waals surface area contributed by atoms with Crippen molar-refractivity contribution in [3.63, 3.8) is 0 Å². The van der Waals surface area contributed by atoms with Gasteiger partial charge in [-0.25, -0.2) is 4.79 Å². The number of rotatable bonds is 4. The topological polar surface area (TPSA) is 79.2 Å². The second-order valence-electron chi connectivity index (χ2n) is 7.26. The molecular weight excluding hydrogens is 316 g/mol. The Morgan fingerprint density at radius 1 is 1.28 bits per heavy atom. The molecule has 0 heterocycles. The van der Waals surface area contributed by atoms with Crippen molar-refractivity contribution in [3.05, 3.63) is 35.4 Å². The highest BCUT2D eigenvalue weighted by Crippen LogP contribution is 2.35. The van der Waals surface area contributed by atoms with Gasteiger partial charge < -0.3 is 4.74 Å². The molecule has 0 spiro atoms. The van der Waals surface area contributed by atoms with Crippen LogP contribution < -0.4 is 5.32 Å².